The first kappa shape index (κ1) is 34.4. The average Bonchev–Trinajstić information content (AvgIpc) is 3.06. The minimum atomic E-state index is -4.21. The van der Waals surface area contributed by atoms with Gasteiger partial charge in [0.25, 0.3) is 10.0 Å². The van der Waals surface area contributed by atoms with Crippen molar-refractivity contribution in [2.75, 3.05) is 10.8 Å². The number of halogens is 1. The fourth-order valence-corrected chi connectivity index (χ4v) is 6.51. The van der Waals surface area contributed by atoms with Gasteiger partial charge in [-0.25, -0.2) is 12.8 Å². The molecule has 7 nitrogen and oxygen atoms in total. The molecule has 0 spiro atoms. The molecule has 0 aliphatic heterocycles. The van der Waals surface area contributed by atoms with E-state index in [1.54, 1.807) is 48.5 Å². The highest BCUT2D eigenvalue weighted by molar-refractivity contribution is 7.92. The van der Waals surface area contributed by atoms with Crippen LogP contribution < -0.4 is 9.62 Å². The van der Waals surface area contributed by atoms with Crippen LogP contribution >= 0.6 is 0 Å². The van der Waals surface area contributed by atoms with Crippen LogP contribution in [0.1, 0.15) is 56.7 Å². The van der Waals surface area contributed by atoms with Gasteiger partial charge in [0.15, 0.2) is 0 Å². The molecule has 9 heteroatoms. The van der Waals surface area contributed by atoms with E-state index in [-0.39, 0.29) is 35.4 Å². The Morgan fingerprint density at radius 2 is 1.39 bits per heavy atom. The molecule has 0 unspecified atom stereocenters. The number of hydrogen-bond acceptors (Lipinski definition) is 4. The summed E-state index contributed by atoms with van der Waals surface area (Å²) < 4.78 is 44.4. The van der Waals surface area contributed by atoms with Crippen LogP contribution in [0, 0.1) is 5.82 Å². The maximum atomic E-state index is 15.1. The van der Waals surface area contributed by atoms with E-state index in [0.717, 1.165) is 15.4 Å². The normalized spacial score (nSPS) is 12.7. The molecular formula is C37H42FN3O4S. The fourth-order valence-electron chi connectivity index (χ4n) is 5.08. The van der Waals surface area contributed by atoms with E-state index >= 15 is 4.39 Å². The molecule has 1 N–H and O–H groups in total. The van der Waals surface area contributed by atoms with Gasteiger partial charge in [-0.1, -0.05) is 99.6 Å². The Morgan fingerprint density at radius 1 is 0.804 bits per heavy atom. The van der Waals surface area contributed by atoms with Gasteiger partial charge < -0.3 is 10.2 Å². The summed E-state index contributed by atoms with van der Waals surface area (Å²) in [5, 5.41) is 2.99. The lowest BCUT2D eigenvalue weighted by Crippen LogP contribution is -2.54. The van der Waals surface area contributed by atoms with Crippen LogP contribution in [0.5, 0.6) is 0 Å². The van der Waals surface area contributed by atoms with Gasteiger partial charge in [0.05, 0.1) is 10.6 Å². The van der Waals surface area contributed by atoms with Gasteiger partial charge in [0.1, 0.15) is 18.4 Å². The lowest BCUT2D eigenvalue weighted by Gasteiger charge is -2.34. The molecule has 0 bridgehead atoms. The first-order valence-corrected chi connectivity index (χ1v) is 17.0. The predicted octanol–water partition coefficient (Wildman–Crippen LogP) is 6.70. The molecule has 242 valence electrons. The summed E-state index contributed by atoms with van der Waals surface area (Å²) in [6.45, 7) is 7.05. The summed E-state index contributed by atoms with van der Waals surface area (Å²) in [6.07, 6.45) is 0.818. The first-order chi connectivity index (χ1) is 22.0. The predicted molar refractivity (Wildman–Crippen MR) is 180 cm³/mol. The van der Waals surface area contributed by atoms with Crippen molar-refractivity contribution in [3.8, 4) is 0 Å². The highest BCUT2D eigenvalue weighted by atomic mass is 32.2. The zero-order valence-electron chi connectivity index (χ0n) is 26.8. The Balaban J connectivity index is 1.82. The second kappa shape index (κ2) is 15.7. The molecule has 0 aliphatic carbocycles. The van der Waals surface area contributed by atoms with Gasteiger partial charge in [-0.2, -0.15) is 0 Å². The van der Waals surface area contributed by atoms with Crippen molar-refractivity contribution in [3.63, 3.8) is 0 Å². The maximum Gasteiger partial charge on any atom is 0.264 e. The van der Waals surface area contributed by atoms with Crippen molar-refractivity contribution in [3.05, 3.63) is 132 Å². The summed E-state index contributed by atoms with van der Waals surface area (Å²) in [4.78, 5) is 29.7. The van der Waals surface area contributed by atoms with Crippen LogP contribution in [0.4, 0.5) is 10.1 Å². The summed E-state index contributed by atoms with van der Waals surface area (Å²) in [5.41, 5.74) is 2.33. The molecule has 0 saturated carbocycles. The molecule has 4 rings (SSSR count). The number of sulfonamides is 1. The van der Waals surface area contributed by atoms with Gasteiger partial charge in [-0.05, 0) is 60.7 Å². The van der Waals surface area contributed by atoms with Crippen molar-refractivity contribution >= 4 is 27.5 Å². The monoisotopic (exact) mass is 643 g/mol. The summed E-state index contributed by atoms with van der Waals surface area (Å²) in [6, 6.07) is 29.1. The number of hydrogen-bond donors (Lipinski definition) is 1. The van der Waals surface area contributed by atoms with Crippen molar-refractivity contribution in [1.82, 2.24) is 10.2 Å². The number of rotatable bonds is 14. The van der Waals surface area contributed by atoms with E-state index in [1.165, 1.54) is 23.1 Å². The SMILES string of the molecule is CC[C@@H](C)NC(=O)[C@@H](Cc1ccccc1)N(Cc1ccccc1F)C(=O)CN(c1ccc(C(C)C)cc1)S(=O)(=O)c1ccccc1. The smallest absolute Gasteiger partial charge is 0.264 e. The zero-order valence-corrected chi connectivity index (χ0v) is 27.6. The Labute approximate surface area is 272 Å². The van der Waals surface area contributed by atoms with Crippen molar-refractivity contribution in [1.29, 1.82) is 0 Å². The van der Waals surface area contributed by atoms with E-state index in [0.29, 0.717) is 12.1 Å². The number of nitrogens with zero attached hydrogens (tertiary/aromatic N) is 2. The molecule has 0 aliphatic rings. The maximum absolute atomic E-state index is 15.1. The van der Waals surface area contributed by atoms with Crippen molar-refractivity contribution < 1.29 is 22.4 Å². The van der Waals surface area contributed by atoms with E-state index in [2.05, 4.69) is 5.32 Å². The van der Waals surface area contributed by atoms with Crippen LogP contribution in [0.2, 0.25) is 0 Å². The molecule has 2 atom stereocenters. The van der Waals surface area contributed by atoms with Gasteiger partial charge in [0, 0.05) is 24.6 Å². The average molecular weight is 644 g/mol. The zero-order chi connectivity index (χ0) is 33.3. The van der Waals surface area contributed by atoms with Crippen LogP contribution in [-0.4, -0.2) is 43.8 Å². The third-order valence-corrected chi connectivity index (χ3v) is 9.82. The lowest BCUT2D eigenvalue weighted by molar-refractivity contribution is -0.140. The Bertz CT molecular complexity index is 1700. The molecule has 2 amide bonds. The summed E-state index contributed by atoms with van der Waals surface area (Å²) in [5.74, 6) is -1.36. The van der Waals surface area contributed by atoms with Gasteiger partial charge >= 0.3 is 0 Å². The number of amides is 2. The topological polar surface area (TPSA) is 86.8 Å². The quantitative estimate of drug-likeness (QED) is 0.166. The Hall–Kier alpha value is -4.50. The third-order valence-electron chi connectivity index (χ3n) is 8.03. The van der Waals surface area contributed by atoms with E-state index in [1.807, 2.05) is 70.2 Å². The van der Waals surface area contributed by atoms with Gasteiger partial charge in [-0.3, -0.25) is 13.9 Å². The Kier molecular flexibility index (Phi) is 11.7. The second-order valence-corrected chi connectivity index (χ2v) is 13.6. The van der Waals surface area contributed by atoms with Crippen molar-refractivity contribution in [2.24, 2.45) is 0 Å². The number of carbonyl (C=O) groups excluding carboxylic acids is 2. The largest absolute Gasteiger partial charge is 0.352 e. The molecule has 4 aromatic rings. The molecule has 0 aromatic heterocycles. The number of carbonyl (C=O) groups is 2. The van der Waals surface area contributed by atoms with Crippen LogP contribution in [-0.2, 0) is 32.6 Å². The number of anilines is 1. The van der Waals surface area contributed by atoms with E-state index in [9.17, 15) is 18.0 Å². The molecule has 46 heavy (non-hydrogen) atoms. The molecule has 0 saturated heterocycles. The van der Waals surface area contributed by atoms with Gasteiger partial charge in [-0.15, -0.1) is 0 Å². The highest BCUT2D eigenvalue weighted by Gasteiger charge is 2.35. The fraction of sp³-hybridized carbons (Fsp3) is 0.297. The molecular weight excluding hydrogens is 601 g/mol. The minimum absolute atomic E-state index is 0.0201. The van der Waals surface area contributed by atoms with Crippen LogP contribution in [0.3, 0.4) is 0 Å². The Morgan fingerprint density at radius 3 is 1.98 bits per heavy atom. The number of benzene rings is 4. The molecule has 0 radical (unpaired) electrons. The molecule has 4 aromatic carbocycles. The minimum Gasteiger partial charge on any atom is -0.352 e. The first-order valence-electron chi connectivity index (χ1n) is 15.6. The summed E-state index contributed by atoms with van der Waals surface area (Å²) in [7, 11) is -4.21. The third kappa shape index (κ3) is 8.60. The van der Waals surface area contributed by atoms with Crippen molar-refractivity contribution in [2.45, 2.75) is 70.0 Å². The highest BCUT2D eigenvalue weighted by Crippen LogP contribution is 2.27. The van der Waals surface area contributed by atoms with E-state index < -0.39 is 40.2 Å². The van der Waals surface area contributed by atoms with Crippen LogP contribution in [0.25, 0.3) is 0 Å². The van der Waals surface area contributed by atoms with Gasteiger partial charge in [0.2, 0.25) is 11.8 Å². The molecule has 0 heterocycles. The summed E-state index contributed by atoms with van der Waals surface area (Å²) >= 11 is 0. The number of nitrogens with one attached hydrogen (secondary N) is 1. The molecule has 0 fully saturated rings. The second-order valence-electron chi connectivity index (χ2n) is 11.7. The standard InChI is InChI=1S/C37H42FN3O4S/c1-5-28(4)39-37(43)35(24-29-14-8-6-9-15-29)40(25-31-16-12-13-19-34(31)38)36(42)26-41(32-22-20-30(21-23-32)27(2)3)46(44,45)33-17-10-7-11-18-33/h6-23,27-28,35H,5,24-26H2,1-4H3,(H,39,43)/t28-,35-/m1/s1. The van der Waals surface area contributed by atoms with E-state index in [4.69, 9.17) is 0 Å². The lowest BCUT2D eigenvalue weighted by atomic mass is 10.0. The van der Waals surface area contributed by atoms with Crippen LogP contribution in [0.15, 0.2) is 114 Å².